The number of halogens is 1. The van der Waals surface area contributed by atoms with Gasteiger partial charge in [0.05, 0.1) is 23.8 Å². The third-order valence-electron chi connectivity index (χ3n) is 1.91. The number of nitro groups is 1. The Kier molecular flexibility index (Phi) is 2.81. The molecule has 6 nitrogen and oxygen atoms in total. The van der Waals surface area contributed by atoms with Crippen LogP contribution in [-0.2, 0) is 9.47 Å². The zero-order valence-corrected chi connectivity index (χ0v) is 8.31. The summed E-state index contributed by atoms with van der Waals surface area (Å²) < 4.78 is 10.4. The van der Waals surface area contributed by atoms with Crippen LogP contribution in [0.1, 0.15) is 12.0 Å². The molecule has 0 bridgehead atoms. The van der Waals surface area contributed by atoms with Gasteiger partial charge < -0.3 is 9.47 Å². The van der Waals surface area contributed by atoms with Crippen molar-refractivity contribution in [3.05, 3.63) is 33.1 Å². The Morgan fingerprint density at radius 3 is 2.67 bits per heavy atom. The minimum absolute atomic E-state index is 0.156. The van der Waals surface area contributed by atoms with Crippen molar-refractivity contribution in [2.75, 3.05) is 13.2 Å². The van der Waals surface area contributed by atoms with Gasteiger partial charge in [-0.3, -0.25) is 10.1 Å². The highest BCUT2D eigenvalue weighted by Crippen LogP contribution is 2.27. The number of aromatic nitrogens is 1. The van der Waals surface area contributed by atoms with Crippen molar-refractivity contribution in [2.24, 2.45) is 0 Å². The van der Waals surface area contributed by atoms with Crippen LogP contribution in [0, 0.1) is 10.1 Å². The summed E-state index contributed by atoms with van der Waals surface area (Å²) in [5.74, 6) is 0. The van der Waals surface area contributed by atoms with Gasteiger partial charge in [-0.1, -0.05) is 11.6 Å². The van der Waals surface area contributed by atoms with Crippen molar-refractivity contribution in [2.45, 2.75) is 6.29 Å². The maximum atomic E-state index is 10.5. The van der Waals surface area contributed by atoms with E-state index in [9.17, 15) is 10.1 Å². The molecule has 1 aromatic heterocycles. The van der Waals surface area contributed by atoms with Crippen molar-refractivity contribution in [3.8, 4) is 0 Å². The van der Waals surface area contributed by atoms with Crippen molar-refractivity contribution in [3.63, 3.8) is 0 Å². The van der Waals surface area contributed by atoms with Crippen LogP contribution in [0.15, 0.2) is 12.1 Å². The van der Waals surface area contributed by atoms with E-state index in [4.69, 9.17) is 21.1 Å². The second-order valence-electron chi connectivity index (χ2n) is 2.88. The van der Waals surface area contributed by atoms with E-state index in [2.05, 4.69) is 4.98 Å². The molecular formula is C8H7ClN2O4. The lowest BCUT2D eigenvalue weighted by molar-refractivity contribution is -0.385. The summed E-state index contributed by atoms with van der Waals surface area (Å²) in [6.45, 7) is 0.974. The lowest BCUT2D eigenvalue weighted by Gasteiger charge is -2.07. The average Bonchev–Trinajstić information content (AvgIpc) is 2.69. The van der Waals surface area contributed by atoms with E-state index in [-0.39, 0.29) is 10.8 Å². The lowest BCUT2D eigenvalue weighted by Crippen LogP contribution is -2.02. The predicted octanol–water partition coefficient (Wildman–Crippen LogP) is 1.69. The number of pyridine rings is 1. The fourth-order valence-corrected chi connectivity index (χ4v) is 1.47. The molecule has 7 heteroatoms. The van der Waals surface area contributed by atoms with Gasteiger partial charge in [-0.2, -0.15) is 0 Å². The summed E-state index contributed by atoms with van der Waals surface area (Å²) in [4.78, 5) is 13.7. The quantitative estimate of drug-likeness (QED) is 0.439. The first kappa shape index (κ1) is 10.3. The van der Waals surface area contributed by atoms with Crippen LogP contribution in [0.25, 0.3) is 0 Å². The number of ether oxygens (including phenoxy) is 2. The number of hydrogen-bond donors (Lipinski definition) is 0. The predicted molar refractivity (Wildman–Crippen MR) is 50.5 cm³/mol. The Morgan fingerprint density at radius 2 is 2.13 bits per heavy atom. The van der Waals surface area contributed by atoms with Crippen molar-refractivity contribution >= 4 is 17.3 Å². The highest BCUT2D eigenvalue weighted by atomic mass is 35.5. The minimum atomic E-state index is -0.588. The zero-order chi connectivity index (χ0) is 10.8. The molecule has 1 saturated heterocycles. The van der Waals surface area contributed by atoms with Crippen molar-refractivity contribution < 1.29 is 14.4 Å². The van der Waals surface area contributed by atoms with Gasteiger partial charge in [0.2, 0.25) is 11.4 Å². The van der Waals surface area contributed by atoms with Crippen LogP contribution >= 0.6 is 11.6 Å². The summed E-state index contributed by atoms with van der Waals surface area (Å²) >= 11 is 5.64. The standard InChI is InChI=1S/C8H7ClN2O4/c9-7-6(11(12)13)2-1-5(10-7)8-14-3-4-15-8/h1-2,8H,3-4H2. The largest absolute Gasteiger partial charge is 0.345 e. The van der Waals surface area contributed by atoms with E-state index in [0.717, 1.165) is 0 Å². The molecule has 80 valence electrons. The monoisotopic (exact) mass is 230 g/mol. The van der Waals surface area contributed by atoms with Crippen LogP contribution in [0.3, 0.4) is 0 Å². The van der Waals surface area contributed by atoms with Crippen LogP contribution in [0.2, 0.25) is 5.15 Å². The highest BCUT2D eigenvalue weighted by Gasteiger charge is 2.22. The molecule has 2 heterocycles. The molecule has 1 aliphatic heterocycles. The first-order valence-corrected chi connectivity index (χ1v) is 4.60. The smallest absolute Gasteiger partial charge is 0.306 e. The summed E-state index contributed by atoms with van der Waals surface area (Å²) in [5.41, 5.74) is 0.224. The van der Waals surface area contributed by atoms with Crippen LogP contribution in [0.5, 0.6) is 0 Å². The Labute approximate surface area is 89.9 Å². The van der Waals surface area contributed by atoms with Crippen molar-refractivity contribution in [1.82, 2.24) is 4.98 Å². The fraction of sp³-hybridized carbons (Fsp3) is 0.375. The molecule has 1 aliphatic rings. The Hall–Kier alpha value is -1.24. The summed E-state index contributed by atoms with van der Waals surface area (Å²) in [5, 5.41) is 10.3. The number of rotatable bonds is 2. The lowest BCUT2D eigenvalue weighted by atomic mass is 10.3. The summed E-state index contributed by atoms with van der Waals surface area (Å²) in [6.07, 6.45) is -0.566. The van der Waals surface area contributed by atoms with Gasteiger partial charge in [0.15, 0.2) is 0 Å². The molecule has 1 aromatic rings. The molecule has 15 heavy (non-hydrogen) atoms. The maximum absolute atomic E-state index is 10.5. The van der Waals surface area contributed by atoms with Crippen molar-refractivity contribution in [1.29, 1.82) is 0 Å². The molecule has 0 aliphatic carbocycles. The minimum Gasteiger partial charge on any atom is -0.345 e. The fourth-order valence-electron chi connectivity index (χ4n) is 1.24. The number of hydrogen-bond acceptors (Lipinski definition) is 5. The van der Waals surface area contributed by atoms with Gasteiger partial charge >= 0.3 is 5.69 Å². The van der Waals surface area contributed by atoms with E-state index >= 15 is 0 Å². The Morgan fingerprint density at radius 1 is 1.47 bits per heavy atom. The van der Waals surface area contributed by atoms with Gasteiger partial charge in [0, 0.05) is 6.07 Å². The van der Waals surface area contributed by atoms with Crippen LogP contribution in [0.4, 0.5) is 5.69 Å². The third-order valence-corrected chi connectivity index (χ3v) is 2.19. The maximum Gasteiger partial charge on any atom is 0.306 e. The molecule has 0 spiro atoms. The molecule has 0 N–H and O–H groups in total. The Bertz CT molecular complexity index is 392. The first-order chi connectivity index (χ1) is 7.18. The molecule has 2 rings (SSSR count). The van der Waals surface area contributed by atoms with Crippen LogP contribution < -0.4 is 0 Å². The number of nitrogens with zero attached hydrogens (tertiary/aromatic N) is 2. The van der Waals surface area contributed by atoms with E-state index in [1.807, 2.05) is 0 Å². The van der Waals surface area contributed by atoms with Gasteiger partial charge in [-0.05, 0) is 6.07 Å². The molecular weight excluding hydrogens is 224 g/mol. The topological polar surface area (TPSA) is 74.5 Å². The van der Waals surface area contributed by atoms with Crippen LogP contribution in [-0.4, -0.2) is 23.1 Å². The molecule has 0 amide bonds. The highest BCUT2D eigenvalue weighted by molar-refractivity contribution is 6.31. The third kappa shape index (κ3) is 2.06. The second-order valence-corrected chi connectivity index (χ2v) is 3.23. The summed E-state index contributed by atoms with van der Waals surface area (Å²) in [7, 11) is 0. The first-order valence-electron chi connectivity index (χ1n) is 4.22. The van der Waals surface area contributed by atoms with E-state index in [0.29, 0.717) is 18.9 Å². The van der Waals surface area contributed by atoms with E-state index in [1.54, 1.807) is 0 Å². The molecule has 0 radical (unpaired) electrons. The van der Waals surface area contributed by atoms with Gasteiger partial charge in [-0.25, -0.2) is 4.98 Å². The molecule has 0 atom stereocenters. The SMILES string of the molecule is O=[N+]([O-])c1ccc(C2OCCO2)nc1Cl. The van der Waals surface area contributed by atoms with E-state index < -0.39 is 11.2 Å². The zero-order valence-electron chi connectivity index (χ0n) is 7.55. The summed E-state index contributed by atoms with van der Waals surface area (Å²) in [6, 6.07) is 2.76. The van der Waals surface area contributed by atoms with Gasteiger partial charge in [-0.15, -0.1) is 0 Å². The molecule has 0 saturated carbocycles. The molecule has 0 aromatic carbocycles. The Balaban J connectivity index is 2.28. The molecule has 0 unspecified atom stereocenters. The molecule has 1 fully saturated rings. The van der Waals surface area contributed by atoms with Gasteiger partial charge in [0.1, 0.15) is 0 Å². The van der Waals surface area contributed by atoms with Gasteiger partial charge in [0.25, 0.3) is 0 Å². The second kappa shape index (κ2) is 4.09. The average molecular weight is 231 g/mol. The van der Waals surface area contributed by atoms with E-state index in [1.165, 1.54) is 12.1 Å². The normalized spacial score (nSPS) is 16.9.